The lowest BCUT2D eigenvalue weighted by atomic mass is 9.91. The second kappa shape index (κ2) is 11.1. The second-order valence-corrected chi connectivity index (χ2v) is 9.17. The molecule has 0 unspecified atom stereocenters. The average molecular weight is 518 g/mol. The SMILES string of the molecule is CC1(C(=O)NCCN)COC(c2nc(-c3ccc(F)cc3)c(-c3ccnc(Nc4ccccc4)n3)[nH]2)OC1. The van der Waals surface area contributed by atoms with Gasteiger partial charge in [0, 0.05) is 30.5 Å². The van der Waals surface area contributed by atoms with E-state index >= 15 is 0 Å². The molecule has 5 N–H and O–H groups in total. The van der Waals surface area contributed by atoms with Crippen molar-refractivity contribution in [3.8, 4) is 22.6 Å². The third kappa shape index (κ3) is 5.54. The number of nitrogens with one attached hydrogen (secondary N) is 3. The minimum Gasteiger partial charge on any atom is -0.354 e. The first-order chi connectivity index (χ1) is 18.4. The summed E-state index contributed by atoms with van der Waals surface area (Å²) in [5.41, 5.74) is 7.87. The van der Waals surface area contributed by atoms with Crippen molar-refractivity contribution in [3.05, 3.63) is 78.5 Å². The number of benzene rings is 2. The molecule has 1 aliphatic rings. The standard InChI is InChI=1S/C27H28FN7O3/c1-27(25(36)30-14-12-29)15-37-24(38-16-27)23-34-21(17-7-9-18(28)10-8-17)22(35-23)20-11-13-31-26(33-20)32-19-5-3-2-4-6-19/h2-11,13,24H,12,14-16,29H2,1H3,(H,30,36)(H,34,35)(H,31,32,33). The maximum absolute atomic E-state index is 13.7. The monoisotopic (exact) mass is 517 g/mol. The normalized spacial score (nSPS) is 19.2. The number of nitrogens with two attached hydrogens (primary N) is 1. The molecule has 0 aliphatic carbocycles. The van der Waals surface area contributed by atoms with Crippen molar-refractivity contribution in [2.45, 2.75) is 13.2 Å². The lowest BCUT2D eigenvalue weighted by Crippen LogP contribution is -2.49. The van der Waals surface area contributed by atoms with Crippen LogP contribution >= 0.6 is 0 Å². The minimum atomic E-state index is -0.856. The number of ether oxygens (including phenoxy) is 2. The first-order valence-corrected chi connectivity index (χ1v) is 12.2. The van der Waals surface area contributed by atoms with E-state index in [1.807, 2.05) is 30.3 Å². The number of aromatic amines is 1. The number of rotatable bonds is 8. The zero-order valence-corrected chi connectivity index (χ0v) is 20.8. The zero-order valence-electron chi connectivity index (χ0n) is 20.8. The molecular formula is C27H28FN7O3. The van der Waals surface area contributed by atoms with Crippen LogP contribution in [0.3, 0.4) is 0 Å². The van der Waals surface area contributed by atoms with Gasteiger partial charge in [-0.05, 0) is 49.4 Å². The summed E-state index contributed by atoms with van der Waals surface area (Å²) in [7, 11) is 0. The van der Waals surface area contributed by atoms with Gasteiger partial charge in [-0.2, -0.15) is 0 Å². The van der Waals surface area contributed by atoms with Gasteiger partial charge in [0.25, 0.3) is 0 Å². The largest absolute Gasteiger partial charge is 0.354 e. The topological polar surface area (TPSA) is 140 Å². The Hall–Kier alpha value is -4.19. The lowest BCUT2D eigenvalue weighted by Gasteiger charge is -2.35. The van der Waals surface area contributed by atoms with E-state index in [2.05, 4.69) is 25.6 Å². The molecule has 0 radical (unpaired) electrons. The molecule has 0 spiro atoms. The molecule has 1 amide bonds. The number of hydrogen-bond acceptors (Lipinski definition) is 8. The highest BCUT2D eigenvalue weighted by Gasteiger charge is 2.40. The average Bonchev–Trinajstić information content (AvgIpc) is 3.39. The molecule has 10 nitrogen and oxygen atoms in total. The molecule has 1 aliphatic heterocycles. The maximum atomic E-state index is 13.7. The van der Waals surface area contributed by atoms with E-state index in [9.17, 15) is 9.18 Å². The van der Waals surface area contributed by atoms with Crippen molar-refractivity contribution >= 4 is 17.5 Å². The molecule has 0 atom stereocenters. The van der Waals surface area contributed by atoms with Crippen LogP contribution in [-0.4, -0.2) is 52.1 Å². The van der Waals surface area contributed by atoms with E-state index in [4.69, 9.17) is 20.2 Å². The van der Waals surface area contributed by atoms with Crippen molar-refractivity contribution in [2.75, 3.05) is 31.6 Å². The summed E-state index contributed by atoms with van der Waals surface area (Å²) in [4.78, 5) is 29.5. The highest BCUT2D eigenvalue weighted by atomic mass is 19.1. The summed E-state index contributed by atoms with van der Waals surface area (Å²) in [5, 5.41) is 5.97. The van der Waals surface area contributed by atoms with E-state index in [1.165, 1.54) is 12.1 Å². The Balaban J connectivity index is 1.44. The highest BCUT2D eigenvalue weighted by molar-refractivity contribution is 5.82. The number of carbonyl (C=O) groups excluding carboxylic acids is 1. The van der Waals surface area contributed by atoms with Gasteiger partial charge in [0.1, 0.15) is 5.82 Å². The van der Waals surface area contributed by atoms with Gasteiger partial charge in [-0.15, -0.1) is 0 Å². The second-order valence-electron chi connectivity index (χ2n) is 9.17. The molecular weight excluding hydrogens is 489 g/mol. The molecule has 2 aromatic heterocycles. The van der Waals surface area contributed by atoms with E-state index in [0.29, 0.717) is 47.5 Å². The van der Waals surface area contributed by atoms with Gasteiger partial charge in [-0.3, -0.25) is 4.79 Å². The molecule has 2 aromatic carbocycles. The van der Waals surface area contributed by atoms with E-state index in [0.717, 1.165) is 5.69 Å². The van der Waals surface area contributed by atoms with Gasteiger partial charge in [0.2, 0.25) is 18.1 Å². The fourth-order valence-electron chi connectivity index (χ4n) is 4.01. The summed E-state index contributed by atoms with van der Waals surface area (Å²) in [5.74, 6) is 0.265. The van der Waals surface area contributed by atoms with E-state index in [1.54, 1.807) is 31.3 Å². The number of anilines is 2. The Kier molecular flexibility index (Phi) is 7.40. The van der Waals surface area contributed by atoms with Crippen LogP contribution in [0.1, 0.15) is 19.0 Å². The van der Waals surface area contributed by atoms with Crippen LogP contribution in [0.25, 0.3) is 22.6 Å². The molecule has 38 heavy (non-hydrogen) atoms. The van der Waals surface area contributed by atoms with Crippen LogP contribution in [0.4, 0.5) is 16.0 Å². The number of amides is 1. The van der Waals surface area contributed by atoms with Crippen LogP contribution in [-0.2, 0) is 14.3 Å². The fraction of sp³-hybridized carbons (Fsp3) is 0.259. The number of imidazole rings is 1. The molecule has 0 bridgehead atoms. The Morgan fingerprint density at radius 2 is 1.84 bits per heavy atom. The predicted molar refractivity (Wildman–Crippen MR) is 140 cm³/mol. The zero-order chi connectivity index (χ0) is 26.5. The van der Waals surface area contributed by atoms with Crippen LogP contribution in [0.5, 0.6) is 0 Å². The molecule has 196 valence electrons. The van der Waals surface area contributed by atoms with Gasteiger partial charge in [-0.1, -0.05) is 18.2 Å². The maximum Gasteiger partial charge on any atom is 0.230 e. The van der Waals surface area contributed by atoms with Gasteiger partial charge in [0.05, 0.1) is 35.7 Å². The van der Waals surface area contributed by atoms with E-state index in [-0.39, 0.29) is 24.9 Å². The molecule has 5 rings (SSSR count). The number of aromatic nitrogens is 4. The number of hydrogen-bond donors (Lipinski definition) is 4. The van der Waals surface area contributed by atoms with Crippen LogP contribution < -0.4 is 16.4 Å². The Morgan fingerprint density at radius 3 is 2.55 bits per heavy atom. The number of nitrogens with zero attached hydrogens (tertiary/aromatic N) is 3. The number of halogens is 1. The first kappa shape index (κ1) is 25.5. The Labute approximate surface area is 218 Å². The quantitative estimate of drug-likeness (QED) is 0.278. The van der Waals surface area contributed by atoms with Crippen molar-refractivity contribution < 1.29 is 18.7 Å². The van der Waals surface area contributed by atoms with E-state index < -0.39 is 11.7 Å². The highest BCUT2D eigenvalue weighted by Crippen LogP contribution is 2.35. The lowest BCUT2D eigenvalue weighted by molar-refractivity contribution is -0.231. The van der Waals surface area contributed by atoms with Crippen molar-refractivity contribution in [3.63, 3.8) is 0 Å². The molecule has 4 aromatic rings. The van der Waals surface area contributed by atoms with Crippen molar-refractivity contribution in [1.82, 2.24) is 25.3 Å². The van der Waals surface area contributed by atoms with Crippen LogP contribution in [0.15, 0.2) is 66.9 Å². The molecule has 1 saturated heterocycles. The first-order valence-electron chi connectivity index (χ1n) is 12.2. The Bertz CT molecular complexity index is 1390. The smallest absolute Gasteiger partial charge is 0.230 e. The number of para-hydroxylation sites is 1. The molecule has 1 fully saturated rings. The predicted octanol–water partition coefficient (Wildman–Crippen LogP) is 3.54. The van der Waals surface area contributed by atoms with Crippen molar-refractivity contribution in [2.24, 2.45) is 11.1 Å². The summed E-state index contributed by atoms with van der Waals surface area (Å²) in [6.45, 7) is 2.76. The minimum absolute atomic E-state index is 0.134. The van der Waals surface area contributed by atoms with Crippen LogP contribution in [0.2, 0.25) is 0 Å². The molecule has 3 heterocycles. The van der Waals surface area contributed by atoms with Gasteiger partial charge >= 0.3 is 0 Å². The van der Waals surface area contributed by atoms with Gasteiger partial charge < -0.3 is 30.8 Å². The van der Waals surface area contributed by atoms with Gasteiger partial charge in [0.15, 0.2) is 5.82 Å². The summed E-state index contributed by atoms with van der Waals surface area (Å²) < 4.78 is 25.5. The summed E-state index contributed by atoms with van der Waals surface area (Å²) in [6.07, 6.45) is 0.809. The third-order valence-corrected chi connectivity index (χ3v) is 6.09. The Morgan fingerprint density at radius 1 is 1.11 bits per heavy atom. The van der Waals surface area contributed by atoms with Gasteiger partial charge in [-0.25, -0.2) is 19.3 Å². The third-order valence-electron chi connectivity index (χ3n) is 6.09. The number of H-pyrrole nitrogens is 1. The van der Waals surface area contributed by atoms with Crippen molar-refractivity contribution in [1.29, 1.82) is 0 Å². The summed E-state index contributed by atoms with van der Waals surface area (Å²) in [6, 6.07) is 17.4. The van der Waals surface area contributed by atoms with Crippen LogP contribution in [0, 0.1) is 11.2 Å². The molecule has 0 saturated carbocycles. The number of carbonyl (C=O) groups is 1. The summed E-state index contributed by atoms with van der Waals surface area (Å²) >= 11 is 0. The molecule has 11 heteroatoms. The fourth-order valence-corrected chi connectivity index (χ4v) is 4.01.